The van der Waals surface area contributed by atoms with E-state index in [0.29, 0.717) is 17.8 Å². The van der Waals surface area contributed by atoms with Crippen LogP contribution in [-0.4, -0.2) is 34.1 Å². The largest absolute Gasteiger partial charge is 0.711 e. The summed E-state index contributed by atoms with van der Waals surface area (Å²) in [6, 6.07) is -0.859. The van der Waals surface area contributed by atoms with Gasteiger partial charge in [0, 0.05) is 13.8 Å². The minimum Gasteiger partial charge on any atom is -0.711 e. The number of amides is 4. The second-order valence-corrected chi connectivity index (χ2v) is 6.72. The number of imide groups is 2. The molecule has 25 heavy (non-hydrogen) atoms. The molecule has 1 fully saturated rings. The maximum Gasteiger partial charge on any atom is 0.328 e. The van der Waals surface area contributed by atoms with Crippen LogP contribution in [0, 0.1) is 30.9 Å². The molecule has 1 aliphatic heterocycles. The Kier molecular flexibility index (Phi) is 5.46. The number of carbonyl (C=O) groups is 3. The van der Waals surface area contributed by atoms with Gasteiger partial charge < -0.3 is 10.3 Å². The highest BCUT2D eigenvalue weighted by Crippen LogP contribution is 2.32. The summed E-state index contributed by atoms with van der Waals surface area (Å²) in [5, 5.41) is 26.3. The molecule has 0 aliphatic carbocycles. The molecule has 1 atom stereocenters. The molecular weight excluding hydrogens is 328 g/mol. The SMILES string of the molecule is Cc1c(C)[n+]([O-])c([C@@H](CC(C)C)C2C(=O)NC(=O)NC2=O)n1CCO. The van der Waals surface area contributed by atoms with Gasteiger partial charge >= 0.3 is 6.03 Å². The number of aliphatic hydroxyl groups is 1. The average Bonchev–Trinajstić information content (AvgIpc) is 2.70. The van der Waals surface area contributed by atoms with Gasteiger partial charge in [-0.2, -0.15) is 0 Å². The number of aliphatic hydroxyl groups excluding tert-OH is 1. The van der Waals surface area contributed by atoms with Crippen LogP contribution in [0.5, 0.6) is 0 Å². The lowest BCUT2D eigenvalue weighted by atomic mass is 9.82. The van der Waals surface area contributed by atoms with Crippen LogP contribution >= 0.6 is 0 Å². The lowest BCUT2D eigenvalue weighted by Gasteiger charge is -2.28. The zero-order chi connectivity index (χ0) is 18.9. The fourth-order valence-corrected chi connectivity index (χ4v) is 3.32. The van der Waals surface area contributed by atoms with Crippen LogP contribution in [0.2, 0.25) is 0 Å². The molecule has 0 saturated carbocycles. The lowest BCUT2D eigenvalue weighted by molar-refractivity contribution is -0.622. The first-order chi connectivity index (χ1) is 11.7. The van der Waals surface area contributed by atoms with Gasteiger partial charge in [0.05, 0.1) is 12.5 Å². The smallest absolute Gasteiger partial charge is 0.328 e. The third-order valence-electron chi connectivity index (χ3n) is 4.54. The summed E-state index contributed by atoms with van der Waals surface area (Å²) in [4.78, 5) is 36.0. The third kappa shape index (κ3) is 3.51. The number of carbonyl (C=O) groups excluding carboxylic acids is 3. The molecule has 0 aromatic carbocycles. The quantitative estimate of drug-likeness (QED) is 0.372. The molecule has 1 aromatic heterocycles. The van der Waals surface area contributed by atoms with E-state index in [-0.39, 0.29) is 24.9 Å². The molecule has 0 radical (unpaired) electrons. The van der Waals surface area contributed by atoms with E-state index in [1.54, 1.807) is 18.4 Å². The van der Waals surface area contributed by atoms with Crippen molar-refractivity contribution in [1.29, 1.82) is 0 Å². The number of aromatic nitrogens is 2. The van der Waals surface area contributed by atoms with Crippen LogP contribution in [0.15, 0.2) is 0 Å². The number of nitrogens with zero attached hydrogens (tertiary/aromatic N) is 2. The van der Waals surface area contributed by atoms with Crippen molar-refractivity contribution in [1.82, 2.24) is 15.2 Å². The third-order valence-corrected chi connectivity index (χ3v) is 4.54. The second kappa shape index (κ2) is 7.22. The predicted molar refractivity (Wildman–Crippen MR) is 87.3 cm³/mol. The van der Waals surface area contributed by atoms with E-state index < -0.39 is 29.7 Å². The molecule has 0 spiro atoms. The summed E-state index contributed by atoms with van der Waals surface area (Å²) in [6.07, 6.45) is 0.399. The zero-order valence-corrected chi connectivity index (χ0v) is 14.8. The average molecular weight is 352 g/mol. The first kappa shape index (κ1) is 18.9. The number of urea groups is 1. The fraction of sp³-hybridized carbons (Fsp3) is 0.625. The molecule has 3 N–H and O–H groups in total. The summed E-state index contributed by atoms with van der Waals surface area (Å²) in [5.41, 5.74) is 1.12. The van der Waals surface area contributed by atoms with Crippen molar-refractivity contribution in [3.05, 3.63) is 22.4 Å². The van der Waals surface area contributed by atoms with Crippen LogP contribution in [0.1, 0.15) is 43.4 Å². The monoisotopic (exact) mass is 352 g/mol. The van der Waals surface area contributed by atoms with Gasteiger partial charge in [-0.15, -0.1) is 0 Å². The number of hydrogen-bond acceptors (Lipinski definition) is 5. The van der Waals surface area contributed by atoms with E-state index in [9.17, 15) is 24.7 Å². The topological polar surface area (TPSA) is 127 Å². The summed E-state index contributed by atoms with van der Waals surface area (Å²) in [7, 11) is 0. The Morgan fingerprint density at radius 1 is 1.20 bits per heavy atom. The van der Waals surface area contributed by atoms with E-state index in [4.69, 9.17) is 0 Å². The second-order valence-electron chi connectivity index (χ2n) is 6.72. The first-order valence-electron chi connectivity index (χ1n) is 8.24. The Morgan fingerprint density at radius 2 is 1.76 bits per heavy atom. The van der Waals surface area contributed by atoms with Crippen LogP contribution in [-0.2, 0) is 16.1 Å². The van der Waals surface area contributed by atoms with Gasteiger partial charge in [-0.3, -0.25) is 20.2 Å². The Labute approximate surface area is 145 Å². The normalized spacial score (nSPS) is 17.0. The van der Waals surface area contributed by atoms with Crippen molar-refractivity contribution in [3.8, 4) is 0 Å². The molecule has 0 unspecified atom stereocenters. The maximum atomic E-state index is 12.7. The first-order valence-corrected chi connectivity index (χ1v) is 8.24. The Hall–Kier alpha value is -2.42. The Bertz CT molecular complexity index is 690. The molecule has 1 saturated heterocycles. The van der Waals surface area contributed by atoms with Gasteiger partial charge in [-0.25, -0.2) is 14.1 Å². The summed E-state index contributed by atoms with van der Waals surface area (Å²) in [6.45, 7) is 7.24. The zero-order valence-electron chi connectivity index (χ0n) is 14.8. The molecule has 2 heterocycles. The molecule has 4 amide bonds. The minimum atomic E-state index is -1.19. The molecule has 0 bridgehead atoms. The van der Waals surface area contributed by atoms with Gasteiger partial charge in [-0.05, 0) is 12.3 Å². The number of nitrogens with one attached hydrogen (secondary N) is 2. The Morgan fingerprint density at radius 3 is 2.24 bits per heavy atom. The molecule has 1 aromatic rings. The fourth-order valence-electron chi connectivity index (χ4n) is 3.32. The minimum absolute atomic E-state index is 0.0984. The number of imidazole rings is 1. The highest BCUT2D eigenvalue weighted by Gasteiger charge is 2.46. The van der Waals surface area contributed by atoms with Crippen molar-refractivity contribution < 1.29 is 24.2 Å². The van der Waals surface area contributed by atoms with E-state index in [1.807, 2.05) is 13.8 Å². The Balaban J connectivity index is 2.59. The van der Waals surface area contributed by atoms with Gasteiger partial charge in [0.25, 0.3) is 5.82 Å². The van der Waals surface area contributed by atoms with Crippen LogP contribution in [0.4, 0.5) is 4.79 Å². The summed E-state index contributed by atoms with van der Waals surface area (Å²) >= 11 is 0. The number of rotatable bonds is 6. The van der Waals surface area contributed by atoms with Gasteiger partial charge in [0.2, 0.25) is 11.8 Å². The number of hydrogen-bond donors (Lipinski definition) is 3. The molecule has 9 nitrogen and oxygen atoms in total. The summed E-state index contributed by atoms with van der Waals surface area (Å²) < 4.78 is 2.36. The van der Waals surface area contributed by atoms with E-state index in [0.717, 1.165) is 4.73 Å². The summed E-state index contributed by atoms with van der Waals surface area (Å²) in [5.74, 6) is -2.99. The highest BCUT2D eigenvalue weighted by molar-refractivity contribution is 6.16. The number of barbiturate groups is 1. The maximum absolute atomic E-state index is 12.7. The van der Waals surface area contributed by atoms with Crippen molar-refractivity contribution in [2.24, 2.45) is 11.8 Å². The van der Waals surface area contributed by atoms with Crippen LogP contribution < -0.4 is 15.4 Å². The van der Waals surface area contributed by atoms with Crippen molar-refractivity contribution in [3.63, 3.8) is 0 Å². The molecule has 2 rings (SSSR count). The van der Waals surface area contributed by atoms with Gasteiger partial charge in [0.15, 0.2) is 0 Å². The standard InChI is InChI=1S/C16H24N4O5/c1-8(2)7-11(12-13(22)17-16(24)18-14(12)23)15-19(5-6-21)9(3)10(4)20(15)25/h8,11-12,21H,5-7H2,1-4H3,(H2,17,18,22,23,24)/t11-/m0/s1. The van der Waals surface area contributed by atoms with E-state index in [1.165, 1.54) is 0 Å². The van der Waals surface area contributed by atoms with Crippen LogP contribution in [0.25, 0.3) is 0 Å². The van der Waals surface area contributed by atoms with Gasteiger partial charge in [0.1, 0.15) is 23.9 Å². The van der Waals surface area contributed by atoms with Crippen molar-refractivity contribution in [2.45, 2.75) is 46.6 Å². The van der Waals surface area contributed by atoms with Crippen molar-refractivity contribution in [2.75, 3.05) is 6.61 Å². The van der Waals surface area contributed by atoms with Crippen LogP contribution in [0.3, 0.4) is 0 Å². The molecular formula is C16H24N4O5. The van der Waals surface area contributed by atoms with Crippen molar-refractivity contribution >= 4 is 17.8 Å². The molecule has 138 valence electrons. The predicted octanol–water partition coefficient (Wildman–Crippen LogP) is -0.157. The van der Waals surface area contributed by atoms with E-state index >= 15 is 0 Å². The molecule has 1 aliphatic rings. The lowest BCUT2D eigenvalue weighted by Crippen LogP contribution is -2.58. The highest BCUT2D eigenvalue weighted by atomic mass is 16.5. The van der Waals surface area contributed by atoms with Gasteiger partial charge in [-0.1, -0.05) is 13.8 Å². The molecule has 9 heteroatoms. The van der Waals surface area contributed by atoms with E-state index in [2.05, 4.69) is 10.6 Å².